The van der Waals surface area contributed by atoms with Gasteiger partial charge in [-0.1, -0.05) is 43.3 Å². The van der Waals surface area contributed by atoms with E-state index in [1.54, 1.807) is 0 Å². The lowest BCUT2D eigenvalue weighted by molar-refractivity contribution is -0.0759. The van der Waals surface area contributed by atoms with Gasteiger partial charge in [0, 0.05) is 5.56 Å². The zero-order chi connectivity index (χ0) is 11.4. The van der Waals surface area contributed by atoms with Gasteiger partial charge in [-0.3, -0.25) is 0 Å². The Morgan fingerprint density at radius 1 is 1.25 bits per heavy atom. The van der Waals surface area contributed by atoms with Crippen LogP contribution in [-0.2, 0) is 16.9 Å². The van der Waals surface area contributed by atoms with Crippen molar-refractivity contribution in [3.05, 3.63) is 35.4 Å². The Bertz CT molecular complexity index is 475. The highest BCUT2D eigenvalue weighted by Gasteiger charge is 2.57. The molecular weight excluding hydrogens is 198 g/mol. The average Bonchev–Trinajstić information content (AvgIpc) is 2.75. The maximum atomic E-state index is 5.84. The number of nitrogens with zero attached hydrogens (tertiary/aromatic N) is 1. The van der Waals surface area contributed by atoms with Crippen LogP contribution in [0.25, 0.3) is 0 Å². The maximum Gasteiger partial charge on any atom is 0.173 e. The van der Waals surface area contributed by atoms with Gasteiger partial charge in [-0.15, -0.1) is 0 Å². The molecular formula is C14H17NO. The van der Waals surface area contributed by atoms with Crippen molar-refractivity contribution >= 4 is 5.71 Å². The molecule has 0 amide bonds. The van der Waals surface area contributed by atoms with E-state index < -0.39 is 0 Å². The first-order valence-corrected chi connectivity index (χ1v) is 5.89. The largest absolute Gasteiger partial charge is 0.383 e. The van der Waals surface area contributed by atoms with Crippen molar-refractivity contribution in [2.24, 2.45) is 10.6 Å². The number of hydrogen-bond acceptors (Lipinski definition) is 2. The fourth-order valence-electron chi connectivity index (χ4n) is 2.99. The zero-order valence-electron chi connectivity index (χ0n) is 10.1. The van der Waals surface area contributed by atoms with E-state index in [-0.39, 0.29) is 11.0 Å². The fraction of sp³-hybridized carbons (Fsp3) is 0.500. The highest BCUT2D eigenvalue weighted by molar-refractivity contribution is 5.90. The summed E-state index contributed by atoms with van der Waals surface area (Å²) in [5.41, 5.74) is 3.64. The topological polar surface area (TPSA) is 21.6 Å². The molecule has 1 atom stereocenters. The molecule has 0 radical (unpaired) electrons. The van der Waals surface area contributed by atoms with Crippen LogP contribution in [0.4, 0.5) is 0 Å². The summed E-state index contributed by atoms with van der Waals surface area (Å²) in [6.45, 7) is 6.54. The van der Waals surface area contributed by atoms with Crippen molar-refractivity contribution < 1.29 is 4.84 Å². The van der Waals surface area contributed by atoms with Crippen molar-refractivity contribution in [3.8, 4) is 0 Å². The second-order valence-electron chi connectivity index (χ2n) is 5.38. The molecule has 0 saturated heterocycles. The molecule has 2 heteroatoms. The Hall–Kier alpha value is -1.31. The lowest BCUT2D eigenvalue weighted by Crippen LogP contribution is -2.41. The van der Waals surface area contributed by atoms with E-state index in [0.717, 1.165) is 18.6 Å². The van der Waals surface area contributed by atoms with E-state index >= 15 is 0 Å². The summed E-state index contributed by atoms with van der Waals surface area (Å²) < 4.78 is 0. The predicted molar refractivity (Wildman–Crippen MR) is 64.4 cm³/mol. The smallest absolute Gasteiger partial charge is 0.173 e. The summed E-state index contributed by atoms with van der Waals surface area (Å²) in [5, 5.41) is 4.24. The van der Waals surface area contributed by atoms with Gasteiger partial charge in [0.2, 0.25) is 0 Å². The highest BCUT2D eigenvalue weighted by Crippen LogP contribution is 2.55. The molecule has 1 spiro atoms. The summed E-state index contributed by atoms with van der Waals surface area (Å²) in [4.78, 5) is 5.84. The summed E-state index contributed by atoms with van der Waals surface area (Å²) in [7, 11) is 0. The van der Waals surface area contributed by atoms with Crippen molar-refractivity contribution in [2.45, 2.75) is 39.2 Å². The predicted octanol–water partition coefficient (Wildman–Crippen LogP) is 3.26. The van der Waals surface area contributed by atoms with Crippen LogP contribution >= 0.6 is 0 Å². The third-order valence-corrected chi connectivity index (χ3v) is 4.45. The zero-order valence-corrected chi connectivity index (χ0v) is 10.1. The number of rotatable bonds is 0. The molecule has 1 unspecified atom stereocenters. The molecule has 1 aliphatic carbocycles. The van der Waals surface area contributed by atoms with Crippen LogP contribution in [0.1, 0.15) is 38.3 Å². The highest BCUT2D eigenvalue weighted by atomic mass is 16.7. The Kier molecular flexibility index (Phi) is 1.78. The standard InChI is InChI=1S/C14H17NO/c1-10-13(2,3)14(16-15-10)9-8-11-6-4-5-7-12(11)14/h4-7H,8-9H2,1-3H3. The Morgan fingerprint density at radius 2 is 2.00 bits per heavy atom. The molecule has 0 fully saturated rings. The molecule has 0 saturated carbocycles. The molecule has 3 rings (SSSR count). The minimum Gasteiger partial charge on any atom is -0.383 e. The third kappa shape index (κ3) is 0.952. The summed E-state index contributed by atoms with van der Waals surface area (Å²) in [6, 6.07) is 8.60. The van der Waals surface area contributed by atoms with E-state index in [9.17, 15) is 0 Å². The summed E-state index contributed by atoms with van der Waals surface area (Å²) in [6.07, 6.45) is 2.14. The molecule has 1 heterocycles. The number of fused-ring (bicyclic) bond motifs is 2. The monoisotopic (exact) mass is 215 g/mol. The van der Waals surface area contributed by atoms with Gasteiger partial charge in [0.15, 0.2) is 5.60 Å². The molecule has 1 aliphatic heterocycles. The summed E-state index contributed by atoms with van der Waals surface area (Å²) >= 11 is 0. The molecule has 84 valence electrons. The first-order valence-electron chi connectivity index (χ1n) is 5.89. The van der Waals surface area contributed by atoms with Crippen LogP contribution in [-0.4, -0.2) is 5.71 Å². The number of benzene rings is 1. The van der Waals surface area contributed by atoms with Crippen LogP contribution in [0, 0.1) is 5.41 Å². The number of hydrogen-bond donors (Lipinski definition) is 0. The molecule has 0 bridgehead atoms. The molecule has 0 aromatic heterocycles. The lowest BCUT2D eigenvalue weighted by Gasteiger charge is -2.36. The number of oxime groups is 1. The SMILES string of the molecule is CC1=NOC2(CCc3ccccc32)C1(C)C. The van der Waals surface area contributed by atoms with E-state index in [4.69, 9.17) is 4.84 Å². The minimum atomic E-state index is -0.215. The van der Waals surface area contributed by atoms with Gasteiger partial charge in [-0.2, -0.15) is 0 Å². The maximum absolute atomic E-state index is 5.84. The molecule has 16 heavy (non-hydrogen) atoms. The van der Waals surface area contributed by atoms with Crippen LogP contribution in [0.5, 0.6) is 0 Å². The van der Waals surface area contributed by atoms with E-state index in [1.165, 1.54) is 11.1 Å². The quantitative estimate of drug-likeness (QED) is 0.651. The fourth-order valence-corrected chi connectivity index (χ4v) is 2.99. The van der Waals surface area contributed by atoms with Gasteiger partial charge in [-0.25, -0.2) is 0 Å². The second kappa shape index (κ2) is 2.88. The van der Waals surface area contributed by atoms with Crippen molar-refractivity contribution in [3.63, 3.8) is 0 Å². The minimum absolute atomic E-state index is 0.000394. The van der Waals surface area contributed by atoms with Crippen molar-refractivity contribution in [1.29, 1.82) is 0 Å². The van der Waals surface area contributed by atoms with Crippen LogP contribution in [0.2, 0.25) is 0 Å². The van der Waals surface area contributed by atoms with Gasteiger partial charge in [0.05, 0.1) is 11.1 Å². The van der Waals surface area contributed by atoms with Gasteiger partial charge < -0.3 is 4.84 Å². The molecule has 2 aliphatic rings. The Labute approximate surface area is 96.3 Å². The molecule has 1 aromatic rings. The Morgan fingerprint density at radius 3 is 2.69 bits per heavy atom. The molecule has 0 N–H and O–H groups in total. The normalized spacial score (nSPS) is 30.1. The van der Waals surface area contributed by atoms with Crippen molar-refractivity contribution in [2.75, 3.05) is 0 Å². The van der Waals surface area contributed by atoms with Crippen molar-refractivity contribution in [1.82, 2.24) is 0 Å². The first-order chi connectivity index (χ1) is 7.58. The third-order valence-electron chi connectivity index (χ3n) is 4.45. The van der Waals surface area contributed by atoms with Gasteiger partial charge in [-0.05, 0) is 25.3 Å². The number of aryl methyl sites for hydroxylation is 1. The second-order valence-corrected chi connectivity index (χ2v) is 5.38. The average molecular weight is 215 g/mol. The molecule has 1 aromatic carbocycles. The molecule has 2 nitrogen and oxygen atoms in total. The van der Waals surface area contributed by atoms with Gasteiger partial charge in [0.1, 0.15) is 0 Å². The van der Waals surface area contributed by atoms with Crippen LogP contribution in [0.3, 0.4) is 0 Å². The van der Waals surface area contributed by atoms with Gasteiger partial charge in [0.25, 0.3) is 0 Å². The lowest BCUT2D eigenvalue weighted by atomic mass is 9.69. The van der Waals surface area contributed by atoms with Crippen LogP contribution < -0.4 is 0 Å². The van der Waals surface area contributed by atoms with E-state index in [0.29, 0.717) is 0 Å². The Balaban J connectivity index is 2.18. The summed E-state index contributed by atoms with van der Waals surface area (Å²) in [5.74, 6) is 0. The van der Waals surface area contributed by atoms with E-state index in [2.05, 4.69) is 50.2 Å². The first kappa shape index (κ1) is 9.88. The van der Waals surface area contributed by atoms with E-state index in [1.807, 2.05) is 0 Å². The van der Waals surface area contributed by atoms with Crippen LogP contribution in [0.15, 0.2) is 29.4 Å². The van der Waals surface area contributed by atoms with Gasteiger partial charge >= 0.3 is 0 Å².